The number of hydrogen-bond acceptors (Lipinski definition) is 8. The number of nitrogen functional groups attached to an aromatic ring is 1. The Morgan fingerprint density at radius 2 is 1.82 bits per heavy atom. The number of carbonyl (C=O) groups is 2. The predicted octanol–water partition coefficient (Wildman–Crippen LogP) is 3.40. The topological polar surface area (TPSA) is 111 Å². The molecular formula is C19H29NO6PS-. The molecule has 0 bridgehead atoms. The minimum absolute atomic E-state index is 0.231. The maximum atomic E-state index is 11.9. The quantitative estimate of drug-likeness (QED) is 0.184. The molecule has 0 fully saturated rings. The van der Waals surface area contributed by atoms with Crippen LogP contribution >= 0.6 is 6.72 Å². The minimum atomic E-state index is -3.28. The lowest BCUT2D eigenvalue weighted by atomic mass is 10.1. The van der Waals surface area contributed by atoms with Crippen molar-refractivity contribution in [1.29, 1.82) is 0 Å². The van der Waals surface area contributed by atoms with Gasteiger partial charge in [-0.15, -0.1) is 0 Å². The summed E-state index contributed by atoms with van der Waals surface area (Å²) in [4.78, 5) is 33.9. The van der Waals surface area contributed by atoms with Gasteiger partial charge in [0.25, 0.3) is 0 Å². The van der Waals surface area contributed by atoms with Gasteiger partial charge in [0, 0.05) is 37.3 Å². The van der Waals surface area contributed by atoms with E-state index in [4.69, 9.17) is 15.0 Å². The molecule has 0 heterocycles. The zero-order chi connectivity index (χ0) is 20.8. The summed E-state index contributed by atoms with van der Waals surface area (Å²) in [6.07, 6.45) is 6.94. The zero-order valence-electron chi connectivity index (χ0n) is 16.3. The van der Waals surface area contributed by atoms with Crippen LogP contribution in [0.4, 0.5) is 5.69 Å². The van der Waals surface area contributed by atoms with E-state index in [9.17, 15) is 14.5 Å². The monoisotopic (exact) mass is 430 g/mol. The molecule has 0 aliphatic carbocycles. The van der Waals surface area contributed by atoms with E-state index >= 15 is 0 Å². The molecule has 1 aromatic carbocycles. The number of unbranched alkanes of at least 4 members (excludes halogenated alkanes) is 4. The van der Waals surface area contributed by atoms with E-state index in [2.05, 4.69) is 16.3 Å². The van der Waals surface area contributed by atoms with Gasteiger partial charge >= 0.3 is 0 Å². The van der Waals surface area contributed by atoms with Gasteiger partial charge in [-0.1, -0.05) is 31.1 Å². The molecular weight excluding hydrogens is 401 g/mol. The van der Waals surface area contributed by atoms with Gasteiger partial charge in [0.15, 0.2) is 6.29 Å². The molecule has 0 aromatic heterocycles. The summed E-state index contributed by atoms with van der Waals surface area (Å²) in [5.74, 6) is 0.826. The molecule has 1 rings (SSSR count). The Bertz CT molecular complexity index is 670. The number of Topliss-reactive ketones (excluding diaryl/α,β-unsaturated/α-hetero) is 1. The van der Waals surface area contributed by atoms with E-state index in [0.717, 1.165) is 32.1 Å². The van der Waals surface area contributed by atoms with E-state index in [-0.39, 0.29) is 5.78 Å². The fourth-order valence-electron chi connectivity index (χ4n) is 2.52. The Morgan fingerprint density at radius 3 is 2.50 bits per heavy atom. The van der Waals surface area contributed by atoms with Gasteiger partial charge in [-0.3, -0.25) is 9.59 Å². The molecule has 0 spiro atoms. The van der Waals surface area contributed by atoms with Gasteiger partial charge in [-0.05, 0) is 31.4 Å². The average Bonchev–Trinajstić information content (AvgIpc) is 2.67. The van der Waals surface area contributed by atoms with Crippen molar-refractivity contribution in [3.05, 3.63) is 23.8 Å². The molecule has 1 aromatic rings. The van der Waals surface area contributed by atoms with Crippen LogP contribution in [0.15, 0.2) is 18.2 Å². The molecule has 0 saturated carbocycles. The summed E-state index contributed by atoms with van der Waals surface area (Å²) in [6, 6.07) is 4.91. The van der Waals surface area contributed by atoms with Crippen molar-refractivity contribution >= 4 is 36.3 Å². The van der Waals surface area contributed by atoms with Gasteiger partial charge in [0.2, 0.25) is 0 Å². The number of anilines is 1. The molecule has 0 amide bonds. The van der Waals surface area contributed by atoms with Crippen LogP contribution in [-0.4, -0.2) is 32.4 Å². The fraction of sp³-hybridized carbons (Fsp3) is 0.579. The van der Waals surface area contributed by atoms with Crippen LogP contribution in [0, 0.1) is 0 Å². The molecule has 1 unspecified atom stereocenters. The third-order valence-electron chi connectivity index (χ3n) is 4.13. The van der Waals surface area contributed by atoms with Crippen LogP contribution in [0.2, 0.25) is 0 Å². The van der Waals surface area contributed by atoms with Crippen molar-refractivity contribution in [3.8, 4) is 5.75 Å². The molecule has 158 valence electrons. The summed E-state index contributed by atoms with van der Waals surface area (Å²) < 4.78 is 15.1. The number of ketones is 1. The molecule has 0 saturated heterocycles. The summed E-state index contributed by atoms with van der Waals surface area (Å²) in [5.41, 5.74) is 6.54. The van der Waals surface area contributed by atoms with E-state index in [1.807, 2.05) is 0 Å². The van der Waals surface area contributed by atoms with E-state index in [1.54, 1.807) is 18.2 Å². The number of aldehydes is 1. The average molecular weight is 430 g/mol. The molecule has 28 heavy (non-hydrogen) atoms. The van der Waals surface area contributed by atoms with Gasteiger partial charge in [0.05, 0.1) is 13.2 Å². The number of carbonyl (C=O) groups excluding carboxylic acids is 2. The SMILES string of the molecule is COP([O-])(=S)OCCCCCCCC(=O)CCCOc1ccc(C=O)c(N)c1. The van der Waals surface area contributed by atoms with Crippen molar-refractivity contribution in [2.24, 2.45) is 0 Å². The van der Waals surface area contributed by atoms with Gasteiger partial charge < -0.3 is 24.4 Å². The highest BCUT2D eigenvalue weighted by atomic mass is 32.5. The first-order valence-corrected chi connectivity index (χ1v) is 11.9. The second-order valence-corrected chi connectivity index (χ2v) is 9.24. The van der Waals surface area contributed by atoms with Crippen LogP contribution in [0.5, 0.6) is 5.75 Å². The normalized spacial score (nSPS) is 13.1. The largest absolute Gasteiger partial charge is 0.780 e. The number of nitrogens with two attached hydrogens (primary N) is 1. The minimum Gasteiger partial charge on any atom is -0.780 e. The molecule has 2 N–H and O–H groups in total. The number of hydrogen-bond donors (Lipinski definition) is 1. The fourth-order valence-corrected chi connectivity index (χ4v) is 3.20. The predicted molar refractivity (Wildman–Crippen MR) is 111 cm³/mol. The Kier molecular flexibility index (Phi) is 12.2. The summed E-state index contributed by atoms with van der Waals surface area (Å²) in [5, 5.41) is 0. The molecule has 0 aliphatic rings. The first-order valence-electron chi connectivity index (χ1n) is 9.38. The highest BCUT2D eigenvalue weighted by Gasteiger charge is 2.04. The standard InChI is InChI=1S/C19H30NO6PS/c1-24-27(23,28)26-13-6-4-2-3-5-8-17(22)9-7-12-25-18-11-10-16(15-21)19(20)14-18/h10-11,14-15H,2-9,12-13,20H2,1H3,(H,23,28)/p-1. The number of rotatable bonds is 16. The third kappa shape index (κ3) is 10.9. The molecule has 0 radical (unpaired) electrons. The van der Waals surface area contributed by atoms with E-state index in [0.29, 0.717) is 55.8 Å². The summed E-state index contributed by atoms with van der Waals surface area (Å²) in [7, 11) is 1.28. The first kappa shape index (κ1) is 24.7. The van der Waals surface area contributed by atoms with Crippen LogP contribution in [0.3, 0.4) is 0 Å². The number of benzene rings is 1. The van der Waals surface area contributed by atoms with E-state index < -0.39 is 6.72 Å². The van der Waals surface area contributed by atoms with Gasteiger partial charge in [-0.2, -0.15) is 0 Å². The maximum absolute atomic E-state index is 11.9. The second kappa shape index (κ2) is 13.8. The molecule has 1 atom stereocenters. The zero-order valence-corrected chi connectivity index (χ0v) is 18.0. The summed E-state index contributed by atoms with van der Waals surface area (Å²) >= 11 is 4.63. The Hall–Kier alpha value is -1.31. The Labute approximate surface area is 171 Å². The van der Waals surface area contributed by atoms with E-state index in [1.165, 1.54) is 7.11 Å². The highest BCUT2D eigenvalue weighted by molar-refractivity contribution is 8.06. The van der Waals surface area contributed by atoms with Crippen molar-refractivity contribution < 1.29 is 28.3 Å². The van der Waals surface area contributed by atoms with Crippen molar-refractivity contribution in [3.63, 3.8) is 0 Å². The van der Waals surface area contributed by atoms with Crippen LogP contribution in [-0.2, 0) is 25.6 Å². The van der Waals surface area contributed by atoms with Crippen molar-refractivity contribution in [1.82, 2.24) is 0 Å². The second-order valence-electron chi connectivity index (χ2n) is 6.38. The van der Waals surface area contributed by atoms with Gasteiger partial charge in [0.1, 0.15) is 18.3 Å². The molecule has 9 heteroatoms. The van der Waals surface area contributed by atoms with Gasteiger partial charge in [-0.25, -0.2) is 0 Å². The highest BCUT2D eigenvalue weighted by Crippen LogP contribution is 2.37. The Morgan fingerprint density at radius 1 is 1.14 bits per heavy atom. The van der Waals surface area contributed by atoms with Crippen molar-refractivity contribution in [2.45, 2.75) is 51.4 Å². The van der Waals surface area contributed by atoms with Crippen molar-refractivity contribution in [2.75, 3.05) is 26.1 Å². The number of ether oxygens (including phenoxy) is 1. The molecule has 0 aliphatic heterocycles. The summed E-state index contributed by atoms with van der Waals surface area (Å²) in [6.45, 7) is -2.52. The maximum Gasteiger partial charge on any atom is 0.152 e. The smallest absolute Gasteiger partial charge is 0.152 e. The lowest BCUT2D eigenvalue weighted by Crippen LogP contribution is -2.06. The molecule has 7 nitrogen and oxygen atoms in total. The van der Waals surface area contributed by atoms with Crippen LogP contribution in [0.25, 0.3) is 0 Å². The lowest BCUT2D eigenvalue weighted by molar-refractivity contribution is -0.204. The Balaban J connectivity index is 2.00. The first-order chi connectivity index (χ1) is 13.4. The van der Waals surface area contributed by atoms with Crippen LogP contribution < -0.4 is 15.4 Å². The lowest BCUT2D eigenvalue weighted by Gasteiger charge is -2.24. The third-order valence-corrected chi connectivity index (χ3v) is 5.84. The van der Waals surface area contributed by atoms with Crippen LogP contribution in [0.1, 0.15) is 61.7 Å².